The van der Waals surface area contributed by atoms with Gasteiger partial charge in [-0.3, -0.25) is 0 Å². The minimum Gasteiger partial charge on any atom is -0.351 e. The molecule has 2 aliphatic rings. The number of nitrogens with one attached hydrogen (secondary N) is 1. The molecule has 1 saturated carbocycles. The second kappa shape index (κ2) is 5.80. The summed E-state index contributed by atoms with van der Waals surface area (Å²) < 4.78 is 0. The fourth-order valence-corrected chi connectivity index (χ4v) is 4.64. The topological polar surface area (TPSA) is 28.2 Å². The molecule has 0 bridgehead atoms. The van der Waals surface area contributed by atoms with Crippen LogP contribution < -0.4 is 10.2 Å². The molecule has 0 saturated heterocycles. The van der Waals surface area contributed by atoms with Crippen LogP contribution in [-0.4, -0.2) is 25.6 Å². The van der Waals surface area contributed by atoms with Crippen molar-refractivity contribution in [2.24, 2.45) is 5.92 Å². The number of nitrogens with zero attached hydrogens (tertiary/aromatic N) is 2. The van der Waals surface area contributed by atoms with E-state index in [4.69, 9.17) is 4.98 Å². The van der Waals surface area contributed by atoms with Gasteiger partial charge >= 0.3 is 0 Å². The fourth-order valence-electron chi connectivity index (χ4n) is 3.51. The Kier molecular flexibility index (Phi) is 4.08. The number of aryl methyl sites for hydroxylation is 1. The Morgan fingerprint density at radius 2 is 2.05 bits per heavy atom. The Bertz CT molecular complexity index is 423. The third-order valence-corrected chi connectivity index (χ3v) is 5.87. The van der Waals surface area contributed by atoms with Crippen molar-refractivity contribution in [2.75, 3.05) is 25.5 Å². The van der Waals surface area contributed by atoms with Crippen LogP contribution in [0.25, 0.3) is 0 Å². The summed E-state index contributed by atoms with van der Waals surface area (Å²) in [5, 5.41) is 4.65. The van der Waals surface area contributed by atoms with Crippen LogP contribution in [0.2, 0.25) is 0 Å². The van der Waals surface area contributed by atoms with Crippen LogP contribution in [0.15, 0.2) is 0 Å². The molecule has 0 aliphatic heterocycles. The molecule has 2 aliphatic carbocycles. The number of anilines is 1. The Morgan fingerprint density at radius 3 is 2.79 bits per heavy atom. The zero-order valence-corrected chi connectivity index (χ0v) is 12.9. The molecule has 3 nitrogen and oxygen atoms in total. The lowest BCUT2D eigenvalue weighted by molar-refractivity contribution is 0.489. The van der Waals surface area contributed by atoms with Gasteiger partial charge in [-0.05, 0) is 45.1 Å². The molecular weight excluding hydrogens is 254 g/mol. The summed E-state index contributed by atoms with van der Waals surface area (Å²) in [6, 6.07) is 0.480. The van der Waals surface area contributed by atoms with Gasteiger partial charge in [0.05, 0.1) is 11.7 Å². The lowest BCUT2D eigenvalue weighted by atomic mass is 9.98. The molecule has 1 aromatic rings. The highest BCUT2D eigenvalue weighted by Gasteiger charge is 2.25. The van der Waals surface area contributed by atoms with Crippen LogP contribution in [0.5, 0.6) is 0 Å². The molecule has 0 amide bonds. The van der Waals surface area contributed by atoms with Crippen molar-refractivity contribution in [3.05, 3.63) is 10.6 Å². The largest absolute Gasteiger partial charge is 0.351 e. The Balaban J connectivity index is 1.72. The van der Waals surface area contributed by atoms with E-state index in [1.165, 1.54) is 67.2 Å². The predicted octanol–water partition coefficient (Wildman–Crippen LogP) is 3.37. The molecule has 0 aromatic carbocycles. The molecule has 1 atom stereocenters. The van der Waals surface area contributed by atoms with E-state index in [2.05, 4.69) is 24.3 Å². The highest BCUT2D eigenvalue weighted by molar-refractivity contribution is 7.15. The number of hydrogen-bond donors (Lipinski definition) is 1. The molecule has 4 heteroatoms. The molecule has 0 spiro atoms. The van der Waals surface area contributed by atoms with Gasteiger partial charge in [0.15, 0.2) is 5.13 Å². The molecule has 19 heavy (non-hydrogen) atoms. The fraction of sp³-hybridized carbons (Fsp3) is 0.800. The summed E-state index contributed by atoms with van der Waals surface area (Å²) in [6.45, 7) is 1.19. The van der Waals surface area contributed by atoms with E-state index in [1.54, 1.807) is 0 Å². The molecule has 1 heterocycles. The number of fused-ring (bicyclic) bond motifs is 1. The maximum Gasteiger partial charge on any atom is 0.185 e. The lowest BCUT2D eigenvalue weighted by Gasteiger charge is -2.20. The summed E-state index contributed by atoms with van der Waals surface area (Å²) in [5.74, 6) is 0.894. The van der Waals surface area contributed by atoms with Crippen molar-refractivity contribution in [3.8, 4) is 0 Å². The molecule has 106 valence electrons. The maximum absolute atomic E-state index is 4.93. The van der Waals surface area contributed by atoms with Gasteiger partial charge < -0.3 is 10.2 Å². The van der Waals surface area contributed by atoms with Gasteiger partial charge in [0.2, 0.25) is 0 Å². The van der Waals surface area contributed by atoms with Crippen LogP contribution in [0.1, 0.15) is 55.1 Å². The van der Waals surface area contributed by atoms with Crippen molar-refractivity contribution >= 4 is 16.5 Å². The van der Waals surface area contributed by atoms with Crippen LogP contribution >= 0.6 is 11.3 Å². The average molecular weight is 279 g/mol. The van der Waals surface area contributed by atoms with E-state index in [0.717, 1.165) is 5.92 Å². The summed E-state index contributed by atoms with van der Waals surface area (Å²) in [7, 11) is 4.28. The minimum absolute atomic E-state index is 0.480. The zero-order chi connectivity index (χ0) is 13.2. The second-order valence-corrected chi connectivity index (χ2v) is 7.13. The van der Waals surface area contributed by atoms with Gasteiger partial charge in [0.1, 0.15) is 0 Å². The van der Waals surface area contributed by atoms with E-state index >= 15 is 0 Å². The van der Waals surface area contributed by atoms with Crippen LogP contribution in [0, 0.1) is 5.92 Å². The smallest absolute Gasteiger partial charge is 0.185 e. The van der Waals surface area contributed by atoms with Crippen molar-refractivity contribution in [2.45, 2.75) is 51.0 Å². The summed E-state index contributed by atoms with van der Waals surface area (Å²) in [6.07, 6.45) is 9.43. The van der Waals surface area contributed by atoms with E-state index < -0.39 is 0 Å². The maximum atomic E-state index is 4.93. The Morgan fingerprint density at radius 1 is 1.26 bits per heavy atom. The average Bonchev–Trinajstić information content (AvgIpc) is 3.06. The molecule has 1 N–H and O–H groups in total. The van der Waals surface area contributed by atoms with Gasteiger partial charge in [-0.25, -0.2) is 4.98 Å². The summed E-state index contributed by atoms with van der Waals surface area (Å²) in [4.78, 5) is 8.83. The quantitative estimate of drug-likeness (QED) is 0.916. The SMILES string of the molecule is CNC1CCCc2sc(N(C)CC3CCCC3)nc21. The monoisotopic (exact) mass is 279 g/mol. The predicted molar refractivity (Wildman–Crippen MR) is 82.1 cm³/mol. The standard InChI is InChI=1S/C15H25N3S/c1-16-12-8-5-9-13-14(12)17-15(19-13)18(2)10-11-6-3-4-7-11/h11-12,16H,3-10H2,1-2H3. The van der Waals surface area contributed by atoms with Crippen LogP contribution in [0.4, 0.5) is 5.13 Å². The molecular formula is C15H25N3S. The number of aromatic nitrogens is 1. The zero-order valence-electron chi connectivity index (χ0n) is 12.1. The van der Waals surface area contributed by atoms with Crippen molar-refractivity contribution < 1.29 is 0 Å². The first kappa shape index (κ1) is 13.4. The van der Waals surface area contributed by atoms with Gasteiger partial charge in [0.25, 0.3) is 0 Å². The van der Waals surface area contributed by atoms with Gasteiger partial charge in [0, 0.05) is 18.5 Å². The van der Waals surface area contributed by atoms with E-state index in [9.17, 15) is 0 Å². The summed E-state index contributed by atoms with van der Waals surface area (Å²) >= 11 is 1.92. The second-order valence-electron chi connectivity index (χ2n) is 6.07. The molecule has 1 unspecified atom stereocenters. The normalized spacial score (nSPS) is 23.6. The Labute approximate surface area is 120 Å². The molecule has 1 aromatic heterocycles. The van der Waals surface area contributed by atoms with Gasteiger partial charge in [-0.2, -0.15) is 0 Å². The Hall–Kier alpha value is -0.610. The van der Waals surface area contributed by atoms with Crippen LogP contribution in [0.3, 0.4) is 0 Å². The molecule has 0 radical (unpaired) electrons. The highest BCUT2D eigenvalue weighted by Crippen LogP contribution is 2.37. The van der Waals surface area contributed by atoms with Crippen molar-refractivity contribution in [1.82, 2.24) is 10.3 Å². The number of hydrogen-bond acceptors (Lipinski definition) is 4. The van der Waals surface area contributed by atoms with E-state index in [0.29, 0.717) is 6.04 Å². The van der Waals surface area contributed by atoms with Crippen molar-refractivity contribution in [3.63, 3.8) is 0 Å². The lowest BCUT2D eigenvalue weighted by Crippen LogP contribution is -2.24. The first-order valence-electron chi connectivity index (χ1n) is 7.66. The first-order chi connectivity index (χ1) is 9.28. The third-order valence-electron chi connectivity index (χ3n) is 4.62. The van der Waals surface area contributed by atoms with Gasteiger partial charge in [-0.1, -0.05) is 12.8 Å². The van der Waals surface area contributed by atoms with E-state index in [1.807, 2.05) is 11.3 Å². The first-order valence-corrected chi connectivity index (χ1v) is 8.47. The summed E-state index contributed by atoms with van der Waals surface area (Å²) in [5.41, 5.74) is 1.33. The van der Waals surface area contributed by atoms with E-state index in [-0.39, 0.29) is 0 Å². The molecule has 3 rings (SSSR count). The third kappa shape index (κ3) is 2.79. The minimum atomic E-state index is 0.480. The van der Waals surface area contributed by atoms with Crippen LogP contribution in [-0.2, 0) is 6.42 Å². The van der Waals surface area contributed by atoms with Gasteiger partial charge in [-0.15, -0.1) is 11.3 Å². The molecule has 1 fully saturated rings. The highest BCUT2D eigenvalue weighted by atomic mass is 32.1. The number of thiazole rings is 1. The number of rotatable bonds is 4. The van der Waals surface area contributed by atoms with Crippen molar-refractivity contribution in [1.29, 1.82) is 0 Å².